The third kappa shape index (κ3) is 6.06. The highest BCUT2D eigenvalue weighted by Gasteiger charge is 2.08. The molecule has 0 bridgehead atoms. The summed E-state index contributed by atoms with van der Waals surface area (Å²) in [4.78, 5) is 20.1. The third-order valence-electron chi connectivity index (χ3n) is 3.45. The molecule has 4 N–H and O–H groups in total. The number of anilines is 1. The molecular weight excluding hydrogens is 358 g/mol. The third-order valence-corrected chi connectivity index (χ3v) is 4.38. The van der Waals surface area contributed by atoms with Crippen LogP contribution in [-0.4, -0.2) is 51.1 Å². The zero-order chi connectivity index (χ0) is 19.0. The molecule has 0 aliphatic heterocycles. The highest BCUT2D eigenvalue weighted by atomic mass is 32.2. The number of benzene rings is 1. The fraction of sp³-hybridized carbons (Fsp3) is 0.312. The molecule has 0 fully saturated rings. The molecule has 1 heterocycles. The van der Waals surface area contributed by atoms with Crippen molar-refractivity contribution in [1.82, 2.24) is 15.3 Å². The van der Waals surface area contributed by atoms with Crippen LogP contribution in [0.1, 0.15) is 15.9 Å². The summed E-state index contributed by atoms with van der Waals surface area (Å²) in [6.45, 7) is 1.40. The molecule has 2 aromatic rings. The molecule has 1 aromatic carbocycles. The van der Waals surface area contributed by atoms with E-state index in [1.54, 1.807) is 19.2 Å². The van der Waals surface area contributed by atoms with E-state index in [1.165, 1.54) is 24.5 Å². The monoisotopic (exact) mass is 379 g/mol. The van der Waals surface area contributed by atoms with Crippen LogP contribution in [0.25, 0.3) is 0 Å². The number of methoxy groups -OCH3 is 1. The smallest absolute Gasteiger partial charge is 0.254 e. The van der Waals surface area contributed by atoms with Gasteiger partial charge in [-0.05, 0) is 24.1 Å². The van der Waals surface area contributed by atoms with E-state index in [0.717, 1.165) is 5.56 Å². The minimum atomic E-state index is -3.68. The van der Waals surface area contributed by atoms with E-state index in [4.69, 9.17) is 9.88 Å². The molecule has 0 unspecified atom stereocenters. The van der Waals surface area contributed by atoms with Crippen LogP contribution in [-0.2, 0) is 21.2 Å². The Hall–Kier alpha value is -2.56. The first-order chi connectivity index (χ1) is 12.4. The number of hydrogen-bond acceptors (Lipinski definition) is 7. The summed E-state index contributed by atoms with van der Waals surface area (Å²) in [5.41, 5.74) is 1.31. The number of sulfonamides is 1. The van der Waals surface area contributed by atoms with Crippen molar-refractivity contribution in [3.63, 3.8) is 0 Å². The molecule has 0 radical (unpaired) electrons. The Bertz CT molecular complexity index is 823. The molecule has 10 heteroatoms. The van der Waals surface area contributed by atoms with E-state index in [2.05, 4.69) is 20.6 Å². The summed E-state index contributed by atoms with van der Waals surface area (Å²) in [7, 11) is -2.12. The maximum absolute atomic E-state index is 11.8. The number of amides is 1. The molecule has 0 aliphatic rings. The van der Waals surface area contributed by atoms with Gasteiger partial charge in [-0.25, -0.2) is 23.5 Å². The van der Waals surface area contributed by atoms with Crippen LogP contribution in [0.5, 0.6) is 0 Å². The van der Waals surface area contributed by atoms with Crippen molar-refractivity contribution < 1.29 is 17.9 Å². The van der Waals surface area contributed by atoms with Crippen LogP contribution < -0.4 is 15.8 Å². The van der Waals surface area contributed by atoms with Gasteiger partial charge in [-0.1, -0.05) is 12.1 Å². The van der Waals surface area contributed by atoms with Crippen LogP contribution in [0.2, 0.25) is 0 Å². The van der Waals surface area contributed by atoms with Crippen molar-refractivity contribution in [1.29, 1.82) is 0 Å². The normalized spacial score (nSPS) is 11.2. The SMILES string of the molecule is COCCNC(=O)c1cnc(NCCc2ccc(S(N)(=O)=O)cc2)nc1. The fourth-order valence-electron chi connectivity index (χ4n) is 2.07. The van der Waals surface area contributed by atoms with Gasteiger partial charge >= 0.3 is 0 Å². The lowest BCUT2D eigenvalue weighted by Gasteiger charge is -2.07. The molecule has 0 saturated carbocycles. The second-order valence-electron chi connectivity index (χ2n) is 5.41. The first-order valence-electron chi connectivity index (χ1n) is 7.85. The Labute approximate surface area is 152 Å². The van der Waals surface area contributed by atoms with Crippen LogP contribution >= 0.6 is 0 Å². The Morgan fingerprint density at radius 1 is 1.15 bits per heavy atom. The lowest BCUT2D eigenvalue weighted by molar-refractivity contribution is 0.0936. The molecule has 0 atom stereocenters. The summed E-state index contributed by atoms with van der Waals surface area (Å²) in [6, 6.07) is 6.35. The quantitative estimate of drug-likeness (QED) is 0.528. The molecule has 0 aliphatic carbocycles. The number of primary sulfonamides is 1. The zero-order valence-corrected chi connectivity index (χ0v) is 15.1. The second-order valence-corrected chi connectivity index (χ2v) is 6.97. The molecule has 9 nitrogen and oxygen atoms in total. The highest BCUT2D eigenvalue weighted by Crippen LogP contribution is 2.09. The van der Waals surface area contributed by atoms with Crippen molar-refractivity contribution in [2.24, 2.45) is 5.14 Å². The largest absolute Gasteiger partial charge is 0.383 e. The molecule has 1 amide bonds. The second kappa shape index (κ2) is 9.22. The number of nitrogens with zero attached hydrogens (tertiary/aromatic N) is 2. The summed E-state index contributed by atoms with van der Waals surface area (Å²) >= 11 is 0. The Balaban J connectivity index is 1.82. The molecule has 0 saturated heterocycles. The van der Waals surface area contributed by atoms with Gasteiger partial charge in [0.1, 0.15) is 0 Å². The Morgan fingerprint density at radius 3 is 2.38 bits per heavy atom. The van der Waals surface area contributed by atoms with Crippen molar-refractivity contribution in [3.05, 3.63) is 47.8 Å². The predicted molar refractivity (Wildman–Crippen MR) is 96.3 cm³/mol. The number of nitrogens with one attached hydrogen (secondary N) is 2. The van der Waals surface area contributed by atoms with Crippen molar-refractivity contribution in [3.8, 4) is 0 Å². The van der Waals surface area contributed by atoms with Gasteiger partial charge in [-0.2, -0.15) is 0 Å². The standard InChI is InChI=1S/C16H21N5O4S/c1-25-9-8-18-15(22)13-10-20-16(21-11-13)19-7-6-12-2-4-14(5-3-12)26(17,23)24/h2-5,10-11H,6-9H2,1H3,(H,18,22)(H2,17,23,24)(H,19,20,21). The average molecular weight is 379 g/mol. The minimum absolute atomic E-state index is 0.0805. The van der Waals surface area contributed by atoms with E-state index in [9.17, 15) is 13.2 Å². The Kier molecular flexibility index (Phi) is 7.01. The van der Waals surface area contributed by atoms with Crippen molar-refractivity contribution in [2.45, 2.75) is 11.3 Å². The number of aromatic nitrogens is 2. The molecular formula is C16H21N5O4S. The van der Waals surface area contributed by atoms with Gasteiger partial charge < -0.3 is 15.4 Å². The van der Waals surface area contributed by atoms with Crippen molar-refractivity contribution >= 4 is 21.9 Å². The lowest BCUT2D eigenvalue weighted by Crippen LogP contribution is -2.27. The van der Waals surface area contributed by atoms with Crippen LogP contribution in [0, 0.1) is 0 Å². The molecule has 140 valence electrons. The zero-order valence-electron chi connectivity index (χ0n) is 14.3. The summed E-state index contributed by atoms with van der Waals surface area (Å²) in [5.74, 6) is 0.142. The average Bonchev–Trinajstić information content (AvgIpc) is 2.62. The number of hydrogen-bond donors (Lipinski definition) is 3. The number of ether oxygens (including phenoxy) is 1. The van der Waals surface area contributed by atoms with E-state index >= 15 is 0 Å². The minimum Gasteiger partial charge on any atom is -0.383 e. The highest BCUT2D eigenvalue weighted by molar-refractivity contribution is 7.89. The van der Waals surface area contributed by atoms with Gasteiger partial charge in [-0.3, -0.25) is 4.79 Å². The predicted octanol–water partition coefficient (Wildman–Crippen LogP) is 0.155. The van der Waals surface area contributed by atoms with Gasteiger partial charge in [0.2, 0.25) is 16.0 Å². The van der Waals surface area contributed by atoms with Gasteiger partial charge in [0.25, 0.3) is 5.91 Å². The van der Waals surface area contributed by atoms with Crippen molar-refractivity contribution in [2.75, 3.05) is 32.1 Å². The summed E-state index contributed by atoms with van der Waals surface area (Å²) in [6.07, 6.45) is 3.53. The van der Waals surface area contributed by atoms with Gasteiger partial charge in [0.15, 0.2) is 0 Å². The van der Waals surface area contributed by atoms with E-state index < -0.39 is 10.0 Å². The molecule has 26 heavy (non-hydrogen) atoms. The maximum Gasteiger partial charge on any atom is 0.254 e. The molecule has 1 aromatic heterocycles. The fourth-order valence-corrected chi connectivity index (χ4v) is 2.59. The lowest BCUT2D eigenvalue weighted by atomic mass is 10.1. The maximum atomic E-state index is 11.8. The summed E-state index contributed by atoms with van der Waals surface area (Å²) < 4.78 is 27.3. The number of nitrogens with two attached hydrogens (primary N) is 1. The first kappa shape index (κ1) is 19.8. The first-order valence-corrected chi connectivity index (χ1v) is 9.39. The number of carbonyl (C=O) groups excluding carboxylic acids is 1. The van der Waals surface area contributed by atoms with E-state index in [1.807, 2.05) is 0 Å². The van der Waals surface area contributed by atoms with Crippen LogP contribution in [0.4, 0.5) is 5.95 Å². The topological polar surface area (TPSA) is 136 Å². The van der Waals surface area contributed by atoms with Gasteiger partial charge in [0.05, 0.1) is 17.1 Å². The van der Waals surface area contributed by atoms with E-state index in [-0.39, 0.29) is 10.8 Å². The molecule has 0 spiro atoms. The summed E-state index contributed by atoms with van der Waals surface area (Å²) in [5, 5.41) is 10.8. The number of rotatable bonds is 9. The number of carbonyl (C=O) groups is 1. The van der Waals surface area contributed by atoms with Crippen LogP contribution in [0.15, 0.2) is 41.6 Å². The molecule has 2 rings (SSSR count). The van der Waals surface area contributed by atoms with Gasteiger partial charge in [0, 0.05) is 32.6 Å². The van der Waals surface area contributed by atoms with Gasteiger partial charge in [-0.15, -0.1) is 0 Å². The Morgan fingerprint density at radius 2 is 1.81 bits per heavy atom. The van der Waals surface area contributed by atoms with E-state index in [0.29, 0.717) is 37.6 Å². The van der Waals surface area contributed by atoms with Crippen LogP contribution in [0.3, 0.4) is 0 Å².